The highest BCUT2D eigenvalue weighted by atomic mass is 79.9. The van der Waals surface area contributed by atoms with E-state index < -0.39 is 0 Å². The highest BCUT2D eigenvalue weighted by Crippen LogP contribution is 2.16. The maximum absolute atomic E-state index is 10.1. The predicted molar refractivity (Wildman–Crippen MR) is 51.3 cm³/mol. The van der Waals surface area contributed by atoms with E-state index in [0.29, 0.717) is 18.0 Å². The number of carbonyl (C=O) groups is 1. The number of pyridine rings is 1. The van der Waals surface area contributed by atoms with Crippen molar-refractivity contribution < 1.29 is 4.79 Å². The van der Waals surface area contributed by atoms with Crippen molar-refractivity contribution in [3.05, 3.63) is 16.7 Å². The number of nitrogens with one attached hydrogen (secondary N) is 2. The lowest BCUT2D eigenvalue weighted by atomic mass is 10.4. The molecule has 0 spiro atoms. The summed E-state index contributed by atoms with van der Waals surface area (Å²) in [5.41, 5.74) is 1.35. The molecule has 0 aliphatic carbocycles. The molecule has 0 aliphatic heterocycles. The number of nitrogens with zero attached hydrogens (tertiary/aromatic N) is 2. The number of imidazole rings is 1. The van der Waals surface area contributed by atoms with E-state index in [-0.39, 0.29) is 0 Å². The van der Waals surface area contributed by atoms with Crippen LogP contribution in [0.15, 0.2) is 16.7 Å². The van der Waals surface area contributed by atoms with Gasteiger partial charge in [0.2, 0.25) is 12.4 Å². The van der Waals surface area contributed by atoms with Gasteiger partial charge in [-0.3, -0.25) is 10.1 Å². The molecule has 2 heterocycles. The van der Waals surface area contributed by atoms with Crippen LogP contribution in [-0.2, 0) is 4.79 Å². The molecule has 6 heteroatoms. The average molecular weight is 241 g/mol. The summed E-state index contributed by atoms with van der Waals surface area (Å²) < 4.78 is 0.862. The van der Waals surface area contributed by atoms with Gasteiger partial charge in [0.1, 0.15) is 0 Å². The molecule has 2 rings (SSSR count). The lowest BCUT2D eigenvalue weighted by molar-refractivity contribution is -0.105. The van der Waals surface area contributed by atoms with Crippen LogP contribution in [-0.4, -0.2) is 21.4 Å². The first kappa shape index (κ1) is 8.18. The van der Waals surface area contributed by atoms with Crippen LogP contribution in [0.4, 0.5) is 5.95 Å². The van der Waals surface area contributed by atoms with Crippen molar-refractivity contribution in [2.75, 3.05) is 5.32 Å². The van der Waals surface area contributed by atoms with Gasteiger partial charge in [-0.05, 0) is 22.0 Å². The Morgan fingerprint density at radius 1 is 1.62 bits per heavy atom. The Hall–Kier alpha value is -1.43. The summed E-state index contributed by atoms with van der Waals surface area (Å²) in [5, 5.41) is 2.41. The summed E-state index contributed by atoms with van der Waals surface area (Å²) in [4.78, 5) is 21.1. The van der Waals surface area contributed by atoms with Crippen molar-refractivity contribution in [1.29, 1.82) is 0 Å². The summed E-state index contributed by atoms with van der Waals surface area (Å²) >= 11 is 3.28. The van der Waals surface area contributed by atoms with E-state index in [0.717, 1.165) is 9.99 Å². The number of H-pyrrole nitrogens is 1. The van der Waals surface area contributed by atoms with E-state index >= 15 is 0 Å². The molecule has 2 aromatic rings. The van der Waals surface area contributed by atoms with Crippen LogP contribution in [0.3, 0.4) is 0 Å². The third-order valence-corrected chi connectivity index (χ3v) is 1.93. The van der Waals surface area contributed by atoms with E-state index in [2.05, 4.69) is 36.2 Å². The molecule has 0 radical (unpaired) electrons. The van der Waals surface area contributed by atoms with Crippen molar-refractivity contribution in [3.63, 3.8) is 0 Å². The highest BCUT2D eigenvalue weighted by Gasteiger charge is 2.02. The maximum atomic E-state index is 10.1. The Morgan fingerprint density at radius 3 is 3.23 bits per heavy atom. The standard InChI is InChI=1S/C7H5BrN4O/c8-4-1-5-6(9-2-4)12-7(11-5)10-3-13/h1-3H,(H2,9,10,11,12,13). The number of halogens is 1. The van der Waals surface area contributed by atoms with Gasteiger partial charge in [-0.2, -0.15) is 4.98 Å². The first-order chi connectivity index (χ1) is 6.29. The number of aromatic nitrogens is 3. The van der Waals surface area contributed by atoms with Gasteiger partial charge in [-0.15, -0.1) is 0 Å². The Kier molecular flexibility index (Phi) is 1.97. The second-order valence-corrected chi connectivity index (χ2v) is 3.29. The van der Waals surface area contributed by atoms with Gasteiger partial charge >= 0.3 is 0 Å². The van der Waals surface area contributed by atoms with Crippen LogP contribution in [0.1, 0.15) is 0 Å². The van der Waals surface area contributed by atoms with Gasteiger partial charge in [0, 0.05) is 10.7 Å². The average Bonchev–Trinajstić information content (AvgIpc) is 2.46. The number of rotatable bonds is 2. The Morgan fingerprint density at radius 2 is 2.46 bits per heavy atom. The molecule has 0 bridgehead atoms. The molecule has 5 nitrogen and oxygen atoms in total. The first-order valence-electron chi connectivity index (χ1n) is 3.51. The normalized spacial score (nSPS) is 10.2. The fraction of sp³-hybridized carbons (Fsp3) is 0. The molecule has 0 unspecified atom stereocenters. The number of anilines is 1. The number of hydrogen-bond donors (Lipinski definition) is 2. The van der Waals surface area contributed by atoms with E-state index in [9.17, 15) is 4.79 Å². The largest absolute Gasteiger partial charge is 0.322 e. The molecule has 66 valence electrons. The molecule has 0 saturated heterocycles. The summed E-state index contributed by atoms with van der Waals surface area (Å²) in [5.74, 6) is 0.399. The van der Waals surface area contributed by atoms with Crippen LogP contribution in [0, 0.1) is 0 Å². The third-order valence-electron chi connectivity index (χ3n) is 1.50. The molecule has 0 aromatic carbocycles. The summed E-state index contributed by atoms with van der Waals surface area (Å²) in [7, 11) is 0. The summed E-state index contributed by atoms with van der Waals surface area (Å²) in [6.45, 7) is 0. The van der Waals surface area contributed by atoms with E-state index in [1.54, 1.807) is 6.20 Å². The molecule has 1 amide bonds. The first-order valence-corrected chi connectivity index (χ1v) is 4.30. The molecule has 13 heavy (non-hydrogen) atoms. The smallest absolute Gasteiger partial charge is 0.213 e. The van der Waals surface area contributed by atoms with Crippen molar-refractivity contribution in [1.82, 2.24) is 15.0 Å². The number of aromatic amines is 1. The minimum Gasteiger partial charge on any atom is -0.322 e. The number of hydrogen-bond acceptors (Lipinski definition) is 3. The van der Waals surface area contributed by atoms with Crippen molar-refractivity contribution in [3.8, 4) is 0 Å². The summed E-state index contributed by atoms with van der Waals surface area (Å²) in [6.07, 6.45) is 2.21. The molecule has 2 aromatic heterocycles. The van der Waals surface area contributed by atoms with Gasteiger partial charge < -0.3 is 4.98 Å². The molecular weight excluding hydrogens is 236 g/mol. The van der Waals surface area contributed by atoms with Crippen LogP contribution >= 0.6 is 15.9 Å². The molecule has 0 saturated carbocycles. The van der Waals surface area contributed by atoms with Crippen molar-refractivity contribution >= 4 is 39.5 Å². The van der Waals surface area contributed by atoms with Gasteiger partial charge in [0.25, 0.3) is 0 Å². The second kappa shape index (κ2) is 3.14. The van der Waals surface area contributed by atoms with E-state index in [1.807, 2.05) is 6.07 Å². The lowest BCUT2D eigenvalue weighted by Gasteiger charge is -1.87. The Labute approximate surface area is 81.7 Å². The van der Waals surface area contributed by atoms with E-state index in [4.69, 9.17) is 0 Å². The SMILES string of the molecule is O=CNc1nc2ncc(Br)cc2[nH]1. The van der Waals surface area contributed by atoms with Crippen molar-refractivity contribution in [2.24, 2.45) is 0 Å². The quantitative estimate of drug-likeness (QED) is 0.778. The number of carbonyl (C=O) groups excluding carboxylic acids is 1. The highest BCUT2D eigenvalue weighted by molar-refractivity contribution is 9.10. The van der Waals surface area contributed by atoms with Gasteiger partial charge in [0.15, 0.2) is 5.65 Å². The van der Waals surface area contributed by atoms with Crippen LogP contribution in [0.5, 0.6) is 0 Å². The van der Waals surface area contributed by atoms with Gasteiger partial charge in [-0.25, -0.2) is 4.98 Å². The fourth-order valence-corrected chi connectivity index (χ4v) is 1.33. The van der Waals surface area contributed by atoms with E-state index in [1.165, 1.54) is 0 Å². The van der Waals surface area contributed by atoms with Crippen molar-refractivity contribution in [2.45, 2.75) is 0 Å². The Bertz CT molecular complexity index is 453. The maximum Gasteiger partial charge on any atom is 0.213 e. The van der Waals surface area contributed by atoms with Crippen LogP contribution in [0.25, 0.3) is 11.2 Å². The fourth-order valence-electron chi connectivity index (χ4n) is 0.999. The minimum absolute atomic E-state index is 0.399. The van der Waals surface area contributed by atoms with Crippen LogP contribution in [0.2, 0.25) is 0 Å². The molecule has 2 N–H and O–H groups in total. The lowest BCUT2D eigenvalue weighted by Crippen LogP contribution is -1.94. The Balaban J connectivity index is 2.55. The second-order valence-electron chi connectivity index (χ2n) is 2.37. The summed E-state index contributed by atoms with van der Waals surface area (Å²) in [6, 6.07) is 1.84. The third kappa shape index (κ3) is 1.52. The molecule has 0 atom stereocenters. The zero-order valence-corrected chi connectivity index (χ0v) is 8.00. The predicted octanol–water partition coefficient (Wildman–Crippen LogP) is 1.29. The zero-order valence-electron chi connectivity index (χ0n) is 6.41. The molecule has 0 aliphatic rings. The minimum atomic E-state index is 0.399. The van der Waals surface area contributed by atoms with Gasteiger partial charge in [0.05, 0.1) is 5.52 Å². The number of fused-ring (bicyclic) bond motifs is 1. The van der Waals surface area contributed by atoms with Crippen LogP contribution < -0.4 is 5.32 Å². The molecule has 0 fully saturated rings. The zero-order chi connectivity index (χ0) is 9.26. The van der Waals surface area contributed by atoms with Gasteiger partial charge in [-0.1, -0.05) is 0 Å². The number of amides is 1. The topological polar surface area (TPSA) is 70.7 Å². The molecular formula is C7H5BrN4O. The monoisotopic (exact) mass is 240 g/mol.